The van der Waals surface area contributed by atoms with Crippen LogP contribution in [0.1, 0.15) is 47.0 Å². The molecule has 3 unspecified atom stereocenters. The molecule has 0 saturated carbocycles. The van der Waals surface area contributed by atoms with Crippen LogP contribution in [-0.4, -0.2) is 44.3 Å². The second-order valence-corrected chi connectivity index (χ2v) is 7.27. The summed E-state index contributed by atoms with van der Waals surface area (Å²) >= 11 is 0. The average molecular weight is 270 g/mol. The van der Waals surface area contributed by atoms with Gasteiger partial charge in [0, 0.05) is 19.7 Å². The van der Waals surface area contributed by atoms with Gasteiger partial charge in [0.1, 0.15) is 0 Å². The van der Waals surface area contributed by atoms with Crippen LogP contribution in [-0.2, 0) is 4.74 Å². The number of nitrogens with zero attached hydrogens (tertiary/aromatic N) is 1. The molecule has 3 nitrogen and oxygen atoms in total. The fraction of sp³-hybridized carbons (Fsp3) is 1.00. The molecular formula is C16H34N2O. The van der Waals surface area contributed by atoms with Crippen molar-refractivity contribution in [1.82, 2.24) is 4.90 Å². The van der Waals surface area contributed by atoms with E-state index in [1.807, 2.05) is 0 Å². The van der Waals surface area contributed by atoms with Crippen molar-refractivity contribution in [1.29, 1.82) is 0 Å². The zero-order valence-corrected chi connectivity index (χ0v) is 13.6. The predicted octanol–water partition coefficient (Wildman–Crippen LogP) is 2.74. The monoisotopic (exact) mass is 270 g/mol. The van der Waals surface area contributed by atoms with Crippen molar-refractivity contribution in [3.05, 3.63) is 0 Å². The van der Waals surface area contributed by atoms with Crippen LogP contribution in [0.4, 0.5) is 0 Å². The van der Waals surface area contributed by atoms with Gasteiger partial charge in [-0.1, -0.05) is 27.7 Å². The molecule has 1 rings (SSSR count). The Labute approximate surface area is 119 Å². The minimum atomic E-state index is 0.437. The minimum Gasteiger partial charge on any atom is -0.384 e. The molecule has 0 aromatic rings. The molecule has 1 aliphatic heterocycles. The normalized spacial score (nSPS) is 25.9. The molecule has 0 aromatic carbocycles. The number of ether oxygens (including phenoxy) is 1. The maximum absolute atomic E-state index is 6.01. The molecule has 3 heteroatoms. The maximum atomic E-state index is 6.01. The van der Waals surface area contributed by atoms with E-state index in [2.05, 4.69) is 32.6 Å². The number of likely N-dealkylation sites (tertiary alicyclic amines) is 1. The van der Waals surface area contributed by atoms with Crippen molar-refractivity contribution < 1.29 is 4.74 Å². The van der Waals surface area contributed by atoms with Crippen molar-refractivity contribution >= 4 is 0 Å². The molecule has 1 saturated heterocycles. The molecule has 0 amide bonds. The van der Waals surface area contributed by atoms with E-state index < -0.39 is 0 Å². The van der Waals surface area contributed by atoms with Crippen molar-refractivity contribution in [3.63, 3.8) is 0 Å². The first kappa shape index (κ1) is 16.9. The van der Waals surface area contributed by atoms with Crippen LogP contribution in [0.15, 0.2) is 0 Å². The second-order valence-electron chi connectivity index (χ2n) is 7.27. The average Bonchev–Trinajstić information content (AvgIpc) is 2.56. The molecule has 19 heavy (non-hydrogen) atoms. The first-order valence-electron chi connectivity index (χ1n) is 7.83. The maximum Gasteiger partial charge on any atom is 0.0503 e. The molecule has 0 spiro atoms. The van der Waals surface area contributed by atoms with Gasteiger partial charge in [-0.15, -0.1) is 0 Å². The van der Waals surface area contributed by atoms with Crippen LogP contribution in [0.3, 0.4) is 0 Å². The summed E-state index contributed by atoms with van der Waals surface area (Å²) in [6, 6.07) is 0.471. The lowest BCUT2D eigenvalue weighted by Crippen LogP contribution is -2.46. The third-order valence-electron chi connectivity index (χ3n) is 4.78. The summed E-state index contributed by atoms with van der Waals surface area (Å²) < 4.78 is 5.30. The van der Waals surface area contributed by atoms with E-state index in [1.54, 1.807) is 7.11 Å². The van der Waals surface area contributed by atoms with Gasteiger partial charge in [0.15, 0.2) is 0 Å². The smallest absolute Gasteiger partial charge is 0.0503 e. The zero-order chi connectivity index (χ0) is 14.5. The van der Waals surface area contributed by atoms with Gasteiger partial charge in [0.2, 0.25) is 0 Å². The third kappa shape index (κ3) is 5.05. The van der Waals surface area contributed by atoms with Crippen LogP contribution in [0.2, 0.25) is 0 Å². The van der Waals surface area contributed by atoms with Crippen LogP contribution >= 0.6 is 0 Å². The Balaban J connectivity index is 2.59. The van der Waals surface area contributed by atoms with Crippen LogP contribution in [0.25, 0.3) is 0 Å². The van der Waals surface area contributed by atoms with Crippen molar-refractivity contribution in [2.45, 2.75) is 53.0 Å². The molecule has 0 aromatic heterocycles. The molecule has 0 aliphatic carbocycles. The number of methoxy groups -OCH3 is 1. The quantitative estimate of drug-likeness (QED) is 0.835. The van der Waals surface area contributed by atoms with Gasteiger partial charge < -0.3 is 10.5 Å². The number of nitrogens with two attached hydrogens (primary N) is 1. The molecule has 1 heterocycles. The van der Waals surface area contributed by atoms with Gasteiger partial charge in [0.25, 0.3) is 0 Å². The number of hydrogen-bond donors (Lipinski definition) is 1. The van der Waals surface area contributed by atoms with Crippen LogP contribution < -0.4 is 5.73 Å². The van der Waals surface area contributed by atoms with Gasteiger partial charge in [0.05, 0.1) is 6.61 Å². The van der Waals surface area contributed by atoms with Gasteiger partial charge in [-0.05, 0) is 49.6 Å². The first-order chi connectivity index (χ1) is 8.90. The number of rotatable bonds is 5. The van der Waals surface area contributed by atoms with E-state index in [-0.39, 0.29) is 0 Å². The lowest BCUT2D eigenvalue weighted by Gasteiger charge is -2.34. The lowest BCUT2D eigenvalue weighted by molar-refractivity contribution is 0.0847. The van der Waals surface area contributed by atoms with Crippen molar-refractivity contribution in [2.24, 2.45) is 23.0 Å². The highest BCUT2D eigenvalue weighted by Crippen LogP contribution is 2.34. The Bertz CT molecular complexity index is 250. The van der Waals surface area contributed by atoms with E-state index in [9.17, 15) is 0 Å². The molecule has 1 aliphatic rings. The largest absolute Gasteiger partial charge is 0.384 e. The predicted molar refractivity (Wildman–Crippen MR) is 82.3 cm³/mol. The minimum absolute atomic E-state index is 0.437. The number of hydrogen-bond acceptors (Lipinski definition) is 3. The molecule has 0 bridgehead atoms. The third-order valence-corrected chi connectivity index (χ3v) is 4.78. The Morgan fingerprint density at radius 1 is 1.26 bits per heavy atom. The summed E-state index contributed by atoms with van der Waals surface area (Å²) in [4.78, 5) is 2.61. The van der Waals surface area contributed by atoms with Crippen molar-refractivity contribution in [3.8, 4) is 0 Å². The Hall–Kier alpha value is -0.120. The second kappa shape index (κ2) is 7.61. The summed E-state index contributed by atoms with van der Waals surface area (Å²) in [5.41, 5.74) is 6.45. The summed E-state index contributed by atoms with van der Waals surface area (Å²) in [5.74, 6) is 1.36. The fourth-order valence-electron chi connectivity index (χ4n) is 3.43. The SMILES string of the molecule is COCC(C)C(CN)N1CCCC(C(C)(C)C)CC1. The van der Waals surface area contributed by atoms with E-state index in [0.29, 0.717) is 17.4 Å². The van der Waals surface area contributed by atoms with Gasteiger partial charge in [-0.3, -0.25) is 4.90 Å². The molecule has 2 N–H and O–H groups in total. The highest BCUT2D eigenvalue weighted by atomic mass is 16.5. The van der Waals surface area contributed by atoms with Gasteiger partial charge >= 0.3 is 0 Å². The van der Waals surface area contributed by atoms with Crippen molar-refractivity contribution in [2.75, 3.05) is 33.4 Å². The summed E-state index contributed by atoms with van der Waals surface area (Å²) in [6.07, 6.45) is 3.97. The molecule has 3 atom stereocenters. The van der Waals surface area contributed by atoms with Gasteiger partial charge in [-0.25, -0.2) is 0 Å². The van der Waals surface area contributed by atoms with Crippen LogP contribution in [0.5, 0.6) is 0 Å². The molecule has 114 valence electrons. The first-order valence-corrected chi connectivity index (χ1v) is 7.83. The van der Waals surface area contributed by atoms with E-state index in [0.717, 1.165) is 19.1 Å². The highest BCUT2D eigenvalue weighted by molar-refractivity contribution is 4.84. The Morgan fingerprint density at radius 2 is 1.95 bits per heavy atom. The summed E-state index contributed by atoms with van der Waals surface area (Å²) in [6.45, 7) is 13.3. The van der Waals surface area contributed by atoms with Gasteiger partial charge in [-0.2, -0.15) is 0 Å². The molecule has 0 radical (unpaired) electrons. The Kier molecular flexibility index (Phi) is 6.78. The Morgan fingerprint density at radius 3 is 2.47 bits per heavy atom. The van der Waals surface area contributed by atoms with Crippen LogP contribution in [0, 0.1) is 17.3 Å². The molecule has 1 fully saturated rings. The lowest BCUT2D eigenvalue weighted by atomic mass is 9.77. The van der Waals surface area contributed by atoms with E-state index in [1.165, 1.54) is 32.4 Å². The fourth-order valence-corrected chi connectivity index (χ4v) is 3.43. The topological polar surface area (TPSA) is 38.5 Å². The summed E-state index contributed by atoms with van der Waals surface area (Å²) in [7, 11) is 1.78. The standard InChI is InChI=1S/C16H34N2O/c1-13(12-19-5)15(11-17)18-9-6-7-14(8-10-18)16(2,3)4/h13-15H,6-12,17H2,1-5H3. The van der Waals surface area contributed by atoms with E-state index >= 15 is 0 Å². The van der Waals surface area contributed by atoms with E-state index in [4.69, 9.17) is 10.5 Å². The summed E-state index contributed by atoms with van der Waals surface area (Å²) in [5, 5.41) is 0. The molecular weight excluding hydrogens is 236 g/mol. The zero-order valence-electron chi connectivity index (χ0n) is 13.6. The highest BCUT2D eigenvalue weighted by Gasteiger charge is 2.30.